The van der Waals surface area contributed by atoms with Crippen molar-refractivity contribution in [3.05, 3.63) is 59.7 Å². The first-order valence-electron chi connectivity index (χ1n) is 8.98. The minimum absolute atomic E-state index is 0. The van der Waals surface area contributed by atoms with Crippen LogP contribution in [0.2, 0.25) is 0 Å². The summed E-state index contributed by atoms with van der Waals surface area (Å²) in [5.74, 6) is 1.42. The molecule has 152 valence electrons. The third-order valence-corrected chi connectivity index (χ3v) is 4.69. The van der Waals surface area contributed by atoms with Gasteiger partial charge in [-0.3, -0.25) is 4.90 Å². The van der Waals surface area contributed by atoms with Gasteiger partial charge in [0.15, 0.2) is 11.5 Å². The smallest absolute Gasteiger partial charge is 0.161 e. The topological polar surface area (TPSA) is 57.5 Å². The third-order valence-electron chi connectivity index (χ3n) is 4.69. The highest BCUT2D eigenvalue weighted by atomic mass is 35.5. The zero-order valence-electron chi connectivity index (χ0n) is 16.0. The Morgan fingerprint density at radius 1 is 1.07 bits per heavy atom. The van der Waals surface area contributed by atoms with Crippen LogP contribution in [0.5, 0.6) is 11.5 Å². The van der Waals surface area contributed by atoms with Gasteiger partial charge in [-0.25, -0.2) is 0 Å². The van der Waals surface area contributed by atoms with Crippen LogP contribution in [0.1, 0.15) is 23.6 Å². The molecule has 0 aromatic heterocycles. The number of halogens is 2. The highest BCUT2D eigenvalue weighted by Crippen LogP contribution is 2.34. The van der Waals surface area contributed by atoms with Crippen LogP contribution >= 0.6 is 24.8 Å². The molecule has 0 bridgehead atoms. The van der Waals surface area contributed by atoms with Crippen molar-refractivity contribution in [3.63, 3.8) is 0 Å². The van der Waals surface area contributed by atoms with Crippen molar-refractivity contribution < 1.29 is 9.47 Å². The fourth-order valence-corrected chi connectivity index (χ4v) is 3.29. The van der Waals surface area contributed by atoms with Crippen LogP contribution in [-0.4, -0.2) is 38.2 Å². The summed E-state index contributed by atoms with van der Waals surface area (Å²) in [6.45, 7) is 4.28. The van der Waals surface area contributed by atoms with Gasteiger partial charge in [0.2, 0.25) is 0 Å². The normalized spacial score (nSPS) is 14.7. The van der Waals surface area contributed by atoms with Gasteiger partial charge in [0.05, 0.1) is 19.6 Å². The molecule has 1 atom stereocenters. The van der Waals surface area contributed by atoms with Crippen LogP contribution in [-0.2, 0) is 6.61 Å². The Hall–Kier alpha value is -1.97. The summed E-state index contributed by atoms with van der Waals surface area (Å²) in [6, 6.07) is 18.5. The van der Waals surface area contributed by atoms with Crippen LogP contribution in [0, 0.1) is 11.3 Å². The standard InChI is InChI=1S/C21H25N3O2.2ClH/c1-25-20-8-7-18(19(9-10-22)24-13-11-23-12-14-24)15-21(20)26-16-17-5-3-2-4-6-17;;/h2-8,15,19,23H,9,11-14,16H2,1H3;2*1H/t19-;;/m1../s1. The first kappa shape index (κ1) is 24.1. The predicted octanol–water partition coefficient (Wildman–Crippen LogP) is 3.98. The molecular weight excluding hydrogens is 397 g/mol. The predicted molar refractivity (Wildman–Crippen MR) is 116 cm³/mol. The maximum absolute atomic E-state index is 9.30. The van der Waals surface area contributed by atoms with Crippen molar-refractivity contribution in [2.75, 3.05) is 33.3 Å². The van der Waals surface area contributed by atoms with E-state index in [4.69, 9.17) is 9.47 Å². The number of rotatable bonds is 7. The third kappa shape index (κ3) is 6.29. The summed E-state index contributed by atoms with van der Waals surface area (Å²) in [5, 5.41) is 12.7. The van der Waals surface area contributed by atoms with E-state index in [2.05, 4.69) is 16.3 Å². The van der Waals surface area contributed by atoms with E-state index in [-0.39, 0.29) is 30.9 Å². The summed E-state index contributed by atoms with van der Waals surface area (Å²) >= 11 is 0. The second-order valence-corrected chi connectivity index (χ2v) is 6.35. The molecule has 0 spiro atoms. The zero-order chi connectivity index (χ0) is 18.2. The summed E-state index contributed by atoms with van der Waals surface area (Å²) < 4.78 is 11.5. The quantitative estimate of drug-likeness (QED) is 0.729. The van der Waals surface area contributed by atoms with E-state index < -0.39 is 0 Å². The number of piperazine rings is 1. The number of benzene rings is 2. The van der Waals surface area contributed by atoms with Gasteiger partial charge in [0.25, 0.3) is 0 Å². The number of hydrogen-bond donors (Lipinski definition) is 1. The molecule has 0 saturated carbocycles. The molecule has 0 unspecified atom stereocenters. The zero-order valence-corrected chi connectivity index (χ0v) is 17.6. The van der Waals surface area contributed by atoms with Crippen molar-refractivity contribution in [3.8, 4) is 17.6 Å². The van der Waals surface area contributed by atoms with Crippen LogP contribution < -0.4 is 14.8 Å². The first-order valence-corrected chi connectivity index (χ1v) is 8.98. The van der Waals surface area contributed by atoms with Crippen LogP contribution in [0.25, 0.3) is 0 Å². The Labute approximate surface area is 179 Å². The molecule has 2 aromatic rings. The molecule has 7 heteroatoms. The van der Waals surface area contributed by atoms with Crippen molar-refractivity contribution in [1.82, 2.24) is 10.2 Å². The molecule has 3 rings (SSSR count). The van der Waals surface area contributed by atoms with Crippen molar-refractivity contribution in [2.45, 2.75) is 19.1 Å². The Morgan fingerprint density at radius 3 is 2.43 bits per heavy atom. The lowest BCUT2D eigenvalue weighted by Crippen LogP contribution is -2.45. The molecule has 0 aliphatic carbocycles. The van der Waals surface area contributed by atoms with Gasteiger partial charge in [0.1, 0.15) is 6.61 Å². The maximum atomic E-state index is 9.30. The van der Waals surface area contributed by atoms with Gasteiger partial charge in [-0.2, -0.15) is 5.26 Å². The minimum atomic E-state index is 0. The Kier molecular flexibility index (Phi) is 10.7. The van der Waals surface area contributed by atoms with Gasteiger partial charge < -0.3 is 14.8 Å². The van der Waals surface area contributed by atoms with Crippen molar-refractivity contribution >= 4 is 24.8 Å². The lowest BCUT2D eigenvalue weighted by atomic mass is 10.0. The molecule has 2 aromatic carbocycles. The number of ether oxygens (including phenoxy) is 2. The van der Waals surface area contributed by atoms with E-state index in [1.807, 2.05) is 48.5 Å². The average Bonchev–Trinajstić information content (AvgIpc) is 2.71. The summed E-state index contributed by atoms with van der Waals surface area (Å²) in [7, 11) is 1.65. The average molecular weight is 424 g/mol. The number of nitriles is 1. The highest BCUT2D eigenvalue weighted by molar-refractivity contribution is 5.85. The van der Waals surface area contributed by atoms with Gasteiger partial charge in [-0.1, -0.05) is 36.4 Å². The van der Waals surface area contributed by atoms with Crippen LogP contribution in [0.4, 0.5) is 0 Å². The van der Waals surface area contributed by atoms with Gasteiger partial charge >= 0.3 is 0 Å². The van der Waals surface area contributed by atoms with Gasteiger partial charge in [-0.15, -0.1) is 24.8 Å². The largest absolute Gasteiger partial charge is 0.493 e. The highest BCUT2D eigenvalue weighted by Gasteiger charge is 2.23. The van der Waals surface area contributed by atoms with E-state index in [9.17, 15) is 5.26 Å². The Balaban J connectivity index is 0.00000196. The van der Waals surface area contributed by atoms with E-state index >= 15 is 0 Å². The number of hydrogen-bond acceptors (Lipinski definition) is 5. The van der Waals surface area contributed by atoms with Gasteiger partial charge in [0, 0.05) is 32.2 Å². The number of nitrogens with one attached hydrogen (secondary N) is 1. The minimum Gasteiger partial charge on any atom is -0.493 e. The first-order chi connectivity index (χ1) is 12.8. The molecule has 28 heavy (non-hydrogen) atoms. The molecule has 0 radical (unpaired) electrons. The summed E-state index contributed by atoms with van der Waals surface area (Å²) in [6.07, 6.45) is 0.463. The Bertz CT molecular complexity index is 747. The molecule has 1 fully saturated rings. The number of methoxy groups -OCH3 is 1. The SMILES string of the molecule is COc1ccc([C@@H](CC#N)N2CCNCC2)cc1OCc1ccccc1.Cl.Cl. The number of nitrogens with zero attached hydrogens (tertiary/aromatic N) is 2. The summed E-state index contributed by atoms with van der Waals surface area (Å²) in [4.78, 5) is 2.36. The maximum Gasteiger partial charge on any atom is 0.161 e. The molecule has 1 heterocycles. The lowest BCUT2D eigenvalue weighted by Gasteiger charge is -2.34. The fraction of sp³-hybridized carbons (Fsp3) is 0.381. The molecule has 5 nitrogen and oxygen atoms in total. The van der Waals surface area contributed by atoms with Gasteiger partial charge in [-0.05, 0) is 23.3 Å². The summed E-state index contributed by atoms with van der Waals surface area (Å²) in [5.41, 5.74) is 2.20. The molecule has 1 saturated heterocycles. The molecule has 0 amide bonds. The fourth-order valence-electron chi connectivity index (χ4n) is 3.29. The van der Waals surface area contributed by atoms with Crippen molar-refractivity contribution in [1.29, 1.82) is 5.26 Å². The van der Waals surface area contributed by atoms with E-state index in [0.29, 0.717) is 24.5 Å². The van der Waals surface area contributed by atoms with E-state index in [0.717, 1.165) is 37.3 Å². The monoisotopic (exact) mass is 423 g/mol. The van der Waals surface area contributed by atoms with Crippen LogP contribution in [0.3, 0.4) is 0 Å². The molecular formula is C21H27Cl2N3O2. The molecule has 1 aliphatic heterocycles. The van der Waals surface area contributed by atoms with E-state index in [1.165, 1.54) is 0 Å². The second kappa shape index (κ2) is 12.5. The molecule has 1 aliphatic rings. The van der Waals surface area contributed by atoms with Crippen LogP contribution in [0.15, 0.2) is 48.5 Å². The second-order valence-electron chi connectivity index (χ2n) is 6.35. The van der Waals surface area contributed by atoms with E-state index in [1.54, 1.807) is 7.11 Å². The molecule has 1 N–H and O–H groups in total. The lowest BCUT2D eigenvalue weighted by molar-refractivity contribution is 0.175. The Morgan fingerprint density at radius 2 is 1.79 bits per heavy atom. The van der Waals surface area contributed by atoms with Crippen molar-refractivity contribution in [2.24, 2.45) is 0 Å².